The van der Waals surface area contributed by atoms with Crippen molar-refractivity contribution in [1.29, 1.82) is 0 Å². The molecule has 4 aliphatic rings. The zero-order valence-electron chi connectivity index (χ0n) is 9.87. The molecule has 1 saturated heterocycles. The van der Waals surface area contributed by atoms with Gasteiger partial charge in [0.1, 0.15) is 5.60 Å². The Labute approximate surface area is 101 Å². The normalized spacial score (nSPS) is 42.7. The van der Waals surface area contributed by atoms with Crippen molar-refractivity contribution in [2.45, 2.75) is 49.7 Å². The molecular formula is C15H16O2. The van der Waals surface area contributed by atoms with Crippen molar-refractivity contribution >= 4 is 5.78 Å². The van der Waals surface area contributed by atoms with Gasteiger partial charge in [-0.15, -0.1) is 0 Å². The van der Waals surface area contributed by atoms with Crippen molar-refractivity contribution < 1.29 is 9.53 Å². The molecule has 2 heteroatoms. The largest absolute Gasteiger partial charge is 0.359 e. The van der Waals surface area contributed by atoms with E-state index in [1.165, 1.54) is 12.0 Å². The van der Waals surface area contributed by atoms with Crippen LogP contribution < -0.4 is 0 Å². The van der Waals surface area contributed by atoms with Gasteiger partial charge >= 0.3 is 0 Å². The fraction of sp³-hybridized carbons (Fsp3) is 0.533. The summed E-state index contributed by atoms with van der Waals surface area (Å²) in [6.07, 6.45) is 14.5. The zero-order chi connectivity index (χ0) is 11.5. The Morgan fingerprint density at radius 2 is 2.06 bits per heavy atom. The second-order valence-corrected chi connectivity index (χ2v) is 5.67. The van der Waals surface area contributed by atoms with E-state index in [4.69, 9.17) is 4.74 Å². The van der Waals surface area contributed by atoms with Crippen molar-refractivity contribution in [3.63, 3.8) is 0 Å². The Bertz CT molecular complexity index is 497. The van der Waals surface area contributed by atoms with Crippen LogP contribution in [0.5, 0.6) is 0 Å². The standard InChI is InChI=1S/C15H16O2/c16-13-5-3-7-15-9-8-14(17-15)6-2-1-4-11(14)10-12(13)15/h3-5,10H,1-2,6-9H2/t14-,15+/m1/s1. The Balaban J connectivity index is 1.93. The first-order valence-corrected chi connectivity index (χ1v) is 6.58. The number of ketones is 1. The fourth-order valence-corrected chi connectivity index (χ4v) is 3.90. The Morgan fingerprint density at radius 3 is 3.00 bits per heavy atom. The maximum atomic E-state index is 12.0. The van der Waals surface area contributed by atoms with Crippen LogP contribution in [0.15, 0.2) is 35.5 Å². The predicted octanol–water partition coefficient (Wildman–Crippen LogP) is 2.85. The van der Waals surface area contributed by atoms with Crippen molar-refractivity contribution in [2.75, 3.05) is 0 Å². The van der Waals surface area contributed by atoms with Gasteiger partial charge in [0.15, 0.2) is 5.78 Å². The minimum absolute atomic E-state index is 0.0484. The third-order valence-corrected chi connectivity index (χ3v) is 4.77. The number of carbonyl (C=O) groups is 1. The smallest absolute Gasteiger partial charge is 0.184 e. The van der Waals surface area contributed by atoms with E-state index in [2.05, 4.69) is 12.2 Å². The first kappa shape index (κ1) is 9.84. The van der Waals surface area contributed by atoms with Crippen LogP contribution in [0.25, 0.3) is 0 Å². The van der Waals surface area contributed by atoms with Crippen LogP contribution in [-0.2, 0) is 9.53 Å². The Kier molecular flexibility index (Phi) is 1.73. The van der Waals surface area contributed by atoms with E-state index in [1.807, 2.05) is 6.08 Å². The summed E-state index contributed by atoms with van der Waals surface area (Å²) in [6, 6.07) is 0. The summed E-state index contributed by atoms with van der Waals surface area (Å²) in [7, 11) is 0. The second-order valence-electron chi connectivity index (χ2n) is 5.67. The average Bonchev–Trinajstić information content (AvgIpc) is 2.61. The summed E-state index contributed by atoms with van der Waals surface area (Å²) >= 11 is 0. The lowest BCUT2D eigenvalue weighted by Crippen LogP contribution is -2.45. The van der Waals surface area contributed by atoms with Gasteiger partial charge < -0.3 is 4.74 Å². The minimum Gasteiger partial charge on any atom is -0.359 e. The van der Waals surface area contributed by atoms with Crippen LogP contribution in [0, 0.1) is 0 Å². The summed E-state index contributed by atoms with van der Waals surface area (Å²) < 4.78 is 6.44. The highest BCUT2D eigenvalue weighted by molar-refractivity contribution is 6.07. The van der Waals surface area contributed by atoms with E-state index in [1.54, 1.807) is 6.08 Å². The van der Waals surface area contributed by atoms with Crippen molar-refractivity contribution in [2.24, 2.45) is 0 Å². The van der Waals surface area contributed by atoms with Crippen molar-refractivity contribution in [3.8, 4) is 0 Å². The topological polar surface area (TPSA) is 26.3 Å². The molecule has 0 N–H and O–H groups in total. The number of carbonyl (C=O) groups excluding carboxylic acids is 1. The molecule has 2 heterocycles. The average molecular weight is 228 g/mol. The molecule has 0 saturated carbocycles. The summed E-state index contributed by atoms with van der Waals surface area (Å²) in [6.45, 7) is 0. The zero-order valence-corrected chi connectivity index (χ0v) is 9.87. The van der Waals surface area contributed by atoms with Crippen LogP contribution in [0.4, 0.5) is 0 Å². The third kappa shape index (κ3) is 1.12. The number of rotatable bonds is 0. The first-order valence-electron chi connectivity index (χ1n) is 6.58. The molecule has 0 unspecified atom stereocenters. The lowest BCUT2D eigenvalue weighted by molar-refractivity contribution is -0.119. The molecule has 0 radical (unpaired) electrons. The molecule has 0 aromatic heterocycles. The van der Waals surface area contributed by atoms with Crippen LogP contribution in [0.1, 0.15) is 38.5 Å². The number of hydrogen-bond donors (Lipinski definition) is 0. The number of allylic oxidation sites excluding steroid dienone is 2. The van der Waals surface area contributed by atoms with Gasteiger partial charge in [-0.05, 0) is 56.3 Å². The van der Waals surface area contributed by atoms with Crippen LogP contribution in [-0.4, -0.2) is 17.0 Å². The van der Waals surface area contributed by atoms with Gasteiger partial charge in [-0.1, -0.05) is 12.2 Å². The maximum absolute atomic E-state index is 12.0. The van der Waals surface area contributed by atoms with E-state index < -0.39 is 0 Å². The third-order valence-electron chi connectivity index (χ3n) is 4.77. The lowest BCUT2D eigenvalue weighted by Gasteiger charge is -2.43. The molecule has 2 nitrogen and oxygen atoms in total. The van der Waals surface area contributed by atoms with E-state index >= 15 is 0 Å². The SMILES string of the molecule is O=C1C=CC[C@]23CC[C@@]4(CCCC=C4C=C12)O3. The van der Waals surface area contributed by atoms with Gasteiger partial charge in [0, 0.05) is 5.57 Å². The summed E-state index contributed by atoms with van der Waals surface area (Å²) in [4.78, 5) is 12.0. The molecule has 0 aromatic carbocycles. The number of hydrogen-bond acceptors (Lipinski definition) is 2. The predicted molar refractivity (Wildman–Crippen MR) is 64.6 cm³/mol. The van der Waals surface area contributed by atoms with Gasteiger partial charge in [-0.3, -0.25) is 4.79 Å². The van der Waals surface area contributed by atoms with Gasteiger partial charge in [0.05, 0.1) is 5.60 Å². The molecule has 1 fully saturated rings. The van der Waals surface area contributed by atoms with E-state index in [9.17, 15) is 4.79 Å². The van der Waals surface area contributed by atoms with E-state index in [0.29, 0.717) is 0 Å². The van der Waals surface area contributed by atoms with Gasteiger partial charge in [-0.25, -0.2) is 0 Å². The molecule has 0 aromatic rings. The highest BCUT2D eigenvalue weighted by Crippen LogP contribution is 2.56. The van der Waals surface area contributed by atoms with Crippen LogP contribution in [0.3, 0.4) is 0 Å². The highest BCUT2D eigenvalue weighted by Gasteiger charge is 2.57. The lowest BCUT2D eigenvalue weighted by atomic mass is 9.78. The summed E-state index contributed by atoms with van der Waals surface area (Å²) in [5.74, 6) is 0.151. The molecule has 0 amide bonds. The Morgan fingerprint density at radius 1 is 1.18 bits per heavy atom. The van der Waals surface area contributed by atoms with Gasteiger partial charge in [0.2, 0.25) is 0 Å². The molecule has 17 heavy (non-hydrogen) atoms. The molecule has 88 valence electrons. The molecule has 2 aliphatic heterocycles. The van der Waals surface area contributed by atoms with Crippen LogP contribution >= 0.6 is 0 Å². The fourth-order valence-electron chi connectivity index (χ4n) is 3.90. The molecule has 2 aliphatic carbocycles. The van der Waals surface area contributed by atoms with E-state index in [-0.39, 0.29) is 17.0 Å². The van der Waals surface area contributed by atoms with Crippen molar-refractivity contribution in [3.05, 3.63) is 35.5 Å². The monoisotopic (exact) mass is 228 g/mol. The molecule has 2 bridgehead atoms. The van der Waals surface area contributed by atoms with E-state index in [0.717, 1.165) is 37.7 Å². The van der Waals surface area contributed by atoms with Gasteiger partial charge in [-0.2, -0.15) is 0 Å². The van der Waals surface area contributed by atoms with Gasteiger partial charge in [0.25, 0.3) is 0 Å². The number of ether oxygens (including phenoxy) is 1. The molecule has 2 spiro atoms. The molecule has 4 rings (SSSR count). The minimum atomic E-state index is -0.277. The summed E-state index contributed by atoms with van der Waals surface area (Å²) in [5.41, 5.74) is 1.85. The second kappa shape index (κ2) is 2.99. The molecular weight excluding hydrogens is 212 g/mol. The Hall–Kier alpha value is -1.15. The summed E-state index contributed by atoms with van der Waals surface area (Å²) in [5, 5.41) is 0. The highest BCUT2D eigenvalue weighted by atomic mass is 16.5. The first-order chi connectivity index (χ1) is 8.24. The van der Waals surface area contributed by atoms with Crippen LogP contribution in [0.2, 0.25) is 0 Å². The quantitative estimate of drug-likeness (QED) is 0.637. The van der Waals surface area contributed by atoms with Crippen molar-refractivity contribution in [1.82, 2.24) is 0 Å². The maximum Gasteiger partial charge on any atom is 0.184 e. The molecule has 2 atom stereocenters.